The van der Waals surface area contributed by atoms with Crippen molar-refractivity contribution in [3.05, 3.63) is 53.1 Å². The maximum atomic E-state index is 9.43. The molecule has 0 heterocycles. The molecular weight excluding hydrogens is 320 g/mol. The highest BCUT2D eigenvalue weighted by Gasteiger charge is 2.13. The van der Waals surface area contributed by atoms with E-state index in [1.807, 2.05) is 68.5 Å². The van der Waals surface area contributed by atoms with Crippen molar-refractivity contribution in [2.75, 3.05) is 31.4 Å². The molecule has 0 aliphatic rings. The van der Waals surface area contributed by atoms with E-state index in [0.717, 1.165) is 22.6 Å². The molecule has 1 N–H and O–H groups in total. The first-order chi connectivity index (χ1) is 11.5. The van der Waals surface area contributed by atoms with Crippen LogP contribution in [-0.4, -0.2) is 27.4 Å². The maximum absolute atomic E-state index is 9.43. The van der Waals surface area contributed by atoms with Gasteiger partial charge in [0.05, 0.1) is 34.1 Å². The molecule has 4 nitrogen and oxygen atoms in total. The first kappa shape index (κ1) is 17.8. The zero-order valence-corrected chi connectivity index (χ0v) is 14.9. The van der Waals surface area contributed by atoms with Crippen molar-refractivity contribution in [3.8, 4) is 6.07 Å². The highest BCUT2D eigenvalue weighted by atomic mass is 35.5. The molecule has 1 atom stereocenters. The zero-order chi connectivity index (χ0) is 17.5. The van der Waals surface area contributed by atoms with E-state index in [1.54, 1.807) is 6.21 Å². The van der Waals surface area contributed by atoms with Gasteiger partial charge >= 0.3 is 0 Å². The molecule has 1 unspecified atom stereocenters. The molecular formula is C19H21ClN4. The molecule has 2 aromatic carbocycles. The summed E-state index contributed by atoms with van der Waals surface area (Å²) in [6, 6.07) is 15.9. The number of nitriles is 1. The Labute approximate surface area is 148 Å². The van der Waals surface area contributed by atoms with Gasteiger partial charge in [-0.25, -0.2) is 0 Å². The fourth-order valence-corrected chi connectivity index (χ4v) is 2.74. The smallest absolute Gasteiger partial charge is 0.0870 e. The van der Waals surface area contributed by atoms with Crippen LogP contribution in [0.25, 0.3) is 0 Å². The Morgan fingerprint density at radius 2 is 2.00 bits per heavy atom. The number of hydrogen-bond donors (Lipinski definition) is 1. The van der Waals surface area contributed by atoms with Crippen LogP contribution in [0.4, 0.5) is 17.1 Å². The van der Waals surface area contributed by atoms with Gasteiger partial charge in [-0.1, -0.05) is 29.8 Å². The molecule has 24 heavy (non-hydrogen) atoms. The van der Waals surface area contributed by atoms with Crippen molar-refractivity contribution in [1.82, 2.24) is 0 Å². The highest BCUT2D eigenvalue weighted by Crippen LogP contribution is 2.34. The number of rotatable bonds is 6. The number of aliphatic imine (C=N–C) groups is 1. The molecule has 0 aromatic heterocycles. The van der Waals surface area contributed by atoms with Gasteiger partial charge in [-0.3, -0.25) is 4.99 Å². The van der Waals surface area contributed by atoms with Crippen LogP contribution in [0, 0.1) is 17.2 Å². The summed E-state index contributed by atoms with van der Waals surface area (Å²) in [5.74, 6) is -0.300. The molecule has 124 valence electrons. The minimum atomic E-state index is -0.300. The molecule has 2 rings (SSSR count). The topological polar surface area (TPSA) is 51.4 Å². The zero-order valence-electron chi connectivity index (χ0n) is 14.1. The fraction of sp³-hybridized carbons (Fsp3) is 0.263. The Morgan fingerprint density at radius 1 is 1.29 bits per heavy atom. The number of nitrogens with zero attached hydrogens (tertiary/aromatic N) is 3. The van der Waals surface area contributed by atoms with Crippen LogP contribution in [0.15, 0.2) is 47.5 Å². The molecule has 0 saturated heterocycles. The quantitative estimate of drug-likeness (QED) is 0.786. The summed E-state index contributed by atoms with van der Waals surface area (Å²) in [7, 11) is 5.73. The third-order valence-electron chi connectivity index (χ3n) is 3.65. The van der Waals surface area contributed by atoms with Gasteiger partial charge in [0.15, 0.2) is 0 Å². The standard InChI is InChI=1S/C19H21ClN4/c1-22-17-10-14(11-18(19(17)20)24(2)3)9-15(12-21)13-23-16-7-5-4-6-8-16/h4-8,10-11,13,15,22H,9H2,1-3H3. The van der Waals surface area contributed by atoms with Crippen LogP contribution >= 0.6 is 11.6 Å². The predicted octanol–water partition coefficient (Wildman–Crippen LogP) is 4.53. The number of anilines is 2. The van der Waals surface area contributed by atoms with Crippen molar-refractivity contribution in [2.45, 2.75) is 6.42 Å². The molecule has 0 aliphatic heterocycles. The molecule has 2 aromatic rings. The van der Waals surface area contributed by atoms with Gasteiger partial charge in [0.25, 0.3) is 0 Å². The van der Waals surface area contributed by atoms with Gasteiger partial charge in [-0.2, -0.15) is 5.26 Å². The summed E-state index contributed by atoms with van der Waals surface area (Å²) in [5.41, 5.74) is 3.67. The number of para-hydroxylation sites is 1. The second-order valence-corrected chi connectivity index (χ2v) is 6.05. The predicted molar refractivity (Wildman–Crippen MR) is 103 cm³/mol. The van der Waals surface area contributed by atoms with E-state index in [9.17, 15) is 5.26 Å². The second kappa shape index (κ2) is 8.37. The van der Waals surface area contributed by atoms with E-state index in [-0.39, 0.29) is 5.92 Å². The van der Waals surface area contributed by atoms with Crippen LogP contribution in [0.5, 0.6) is 0 Å². The molecule has 0 saturated carbocycles. The lowest BCUT2D eigenvalue weighted by atomic mass is 10.00. The van der Waals surface area contributed by atoms with Crippen LogP contribution in [0.3, 0.4) is 0 Å². The Balaban J connectivity index is 2.23. The summed E-state index contributed by atoms with van der Waals surface area (Å²) in [4.78, 5) is 6.36. The Morgan fingerprint density at radius 3 is 2.58 bits per heavy atom. The summed E-state index contributed by atoms with van der Waals surface area (Å²) in [6.45, 7) is 0. The monoisotopic (exact) mass is 340 g/mol. The third kappa shape index (κ3) is 4.50. The first-order valence-corrected chi connectivity index (χ1v) is 8.09. The van der Waals surface area contributed by atoms with Gasteiger partial charge in [-0.15, -0.1) is 0 Å². The van der Waals surface area contributed by atoms with E-state index in [2.05, 4.69) is 16.4 Å². The number of benzene rings is 2. The largest absolute Gasteiger partial charge is 0.387 e. The van der Waals surface area contributed by atoms with Gasteiger partial charge in [0, 0.05) is 27.4 Å². The van der Waals surface area contributed by atoms with E-state index in [4.69, 9.17) is 11.6 Å². The molecule has 0 spiro atoms. The molecule has 0 radical (unpaired) electrons. The van der Waals surface area contributed by atoms with Gasteiger partial charge in [0.1, 0.15) is 0 Å². The normalized spacial score (nSPS) is 12.0. The lowest BCUT2D eigenvalue weighted by molar-refractivity contribution is 0.879. The van der Waals surface area contributed by atoms with Gasteiger partial charge < -0.3 is 10.2 Å². The average Bonchev–Trinajstić information content (AvgIpc) is 2.60. The third-order valence-corrected chi connectivity index (χ3v) is 4.04. The van der Waals surface area contributed by atoms with Crippen LogP contribution in [-0.2, 0) is 6.42 Å². The van der Waals surface area contributed by atoms with E-state index in [1.165, 1.54) is 0 Å². The number of halogens is 1. The lowest BCUT2D eigenvalue weighted by Crippen LogP contribution is -2.12. The Bertz CT molecular complexity index is 748. The summed E-state index contributed by atoms with van der Waals surface area (Å²) in [5, 5.41) is 13.2. The van der Waals surface area contributed by atoms with E-state index < -0.39 is 0 Å². The average molecular weight is 341 g/mol. The van der Waals surface area contributed by atoms with Crippen molar-refractivity contribution in [3.63, 3.8) is 0 Å². The fourth-order valence-electron chi connectivity index (χ4n) is 2.37. The minimum Gasteiger partial charge on any atom is -0.387 e. The van der Waals surface area contributed by atoms with E-state index in [0.29, 0.717) is 11.4 Å². The maximum Gasteiger partial charge on any atom is 0.0870 e. The van der Waals surface area contributed by atoms with Crippen LogP contribution in [0.1, 0.15) is 5.56 Å². The number of hydrogen-bond acceptors (Lipinski definition) is 4. The Hall–Kier alpha value is -2.51. The molecule has 0 bridgehead atoms. The van der Waals surface area contributed by atoms with Gasteiger partial charge in [0.2, 0.25) is 0 Å². The highest BCUT2D eigenvalue weighted by molar-refractivity contribution is 6.36. The van der Waals surface area contributed by atoms with Crippen LogP contribution in [0.2, 0.25) is 5.02 Å². The second-order valence-electron chi connectivity index (χ2n) is 5.67. The molecule has 0 fully saturated rings. The molecule has 0 aliphatic carbocycles. The van der Waals surface area contributed by atoms with Crippen molar-refractivity contribution >= 4 is 34.9 Å². The van der Waals surface area contributed by atoms with Crippen molar-refractivity contribution in [1.29, 1.82) is 5.26 Å². The van der Waals surface area contributed by atoms with Crippen molar-refractivity contribution in [2.24, 2.45) is 10.9 Å². The molecule has 0 amide bonds. The number of nitrogens with one attached hydrogen (secondary N) is 1. The van der Waals surface area contributed by atoms with Gasteiger partial charge in [-0.05, 0) is 36.2 Å². The van der Waals surface area contributed by atoms with E-state index >= 15 is 0 Å². The lowest BCUT2D eigenvalue weighted by Gasteiger charge is -2.19. The SMILES string of the molecule is CNc1cc(CC(C#N)C=Nc2ccccc2)cc(N(C)C)c1Cl. The summed E-state index contributed by atoms with van der Waals surface area (Å²) in [6.07, 6.45) is 2.29. The summed E-state index contributed by atoms with van der Waals surface area (Å²) >= 11 is 6.39. The summed E-state index contributed by atoms with van der Waals surface area (Å²) < 4.78 is 0. The van der Waals surface area contributed by atoms with Crippen LogP contribution < -0.4 is 10.2 Å². The first-order valence-electron chi connectivity index (χ1n) is 7.71. The minimum absolute atomic E-state index is 0.300. The van der Waals surface area contributed by atoms with Crippen molar-refractivity contribution < 1.29 is 0 Å². The Kier molecular flexibility index (Phi) is 6.22. The molecule has 5 heteroatoms.